The number of carbonyl (C=O) groups excluding carboxylic acids is 1. The zero-order chi connectivity index (χ0) is 37.4. The minimum Gasteiger partial charge on any atom is -0.497 e. The quantitative estimate of drug-likeness (QED) is 0.112. The molecule has 0 aliphatic heterocycles. The number of rotatable bonds is 13. The van der Waals surface area contributed by atoms with E-state index in [9.17, 15) is 4.79 Å². The van der Waals surface area contributed by atoms with Gasteiger partial charge in [0.1, 0.15) is 17.2 Å². The molecule has 0 saturated carbocycles. The molecule has 0 unspecified atom stereocenters. The molecule has 7 aromatic carbocycles. The Balaban J connectivity index is 1.16. The van der Waals surface area contributed by atoms with E-state index in [1.807, 2.05) is 79.7 Å². The Labute approximate surface area is 318 Å². The summed E-state index contributed by atoms with van der Waals surface area (Å²) >= 11 is 0. The van der Waals surface area contributed by atoms with Gasteiger partial charge in [0, 0.05) is 45.3 Å². The van der Waals surface area contributed by atoms with Crippen molar-refractivity contribution in [1.82, 2.24) is 0 Å². The highest BCUT2D eigenvalue weighted by molar-refractivity contribution is 6.09. The van der Waals surface area contributed by atoms with Crippen LogP contribution in [0.5, 0.6) is 17.2 Å². The molecule has 0 bridgehead atoms. The van der Waals surface area contributed by atoms with Crippen molar-refractivity contribution in [2.24, 2.45) is 0 Å². The maximum atomic E-state index is 13.0. The van der Waals surface area contributed by atoms with Crippen LogP contribution in [0, 0.1) is 6.92 Å². The molecule has 7 rings (SSSR count). The molecule has 7 aromatic rings. The smallest absolute Gasteiger partial charge is 0.193 e. The molecular formula is C49H44N2O3. The lowest BCUT2D eigenvalue weighted by molar-refractivity contribution is 0.103. The van der Waals surface area contributed by atoms with Gasteiger partial charge >= 0.3 is 0 Å². The summed E-state index contributed by atoms with van der Waals surface area (Å²) in [5.41, 5.74) is 11.3. The van der Waals surface area contributed by atoms with Crippen LogP contribution in [0.4, 0.5) is 34.1 Å². The summed E-state index contributed by atoms with van der Waals surface area (Å²) in [5, 5.41) is 0. The summed E-state index contributed by atoms with van der Waals surface area (Å²) in [7, 11) is 1.69. The van der Waals surface area contributed by atoms with Crippen molar-refractivity contribution in [1.29, 1.82) is 0 Å². The van der Waals surface area contributed by atoms with E-state index in [0.717, 1.165) is 58.3 Å². The molecule has 0 aliphatic carbocycles. The van der Waals surface area contributed by atoms with E-state index in [2.05, 4.69) is 121 Å². The van der Waals surface area contributed by atoms with Gasteiger partial charge in [-0.3, -0.25) is 4.79 Å². The van der Waals surface area contributed by atoms with Gasteiger partial charge in [0.2, 0.25) is 0 Å². The van der Waals surface area contributed by atoms with Crippen molar-refractivity contribution in [2.45, 2.75) is 33.6 Å². The Morgan fingerprint density at radius 2 is 0.722 bits per heavy atom. The normalized spacial score (nSPS) is 10.8. The highest BCUT2D eigenvalue weighted by atomic mass is 16.5. The van der Waals surface area contributed by atoms with E-state index in [0.29, 0.717) is 22.6 Å². The van der Waals surface area contributed by atoms with Crippen LogP contribution in [0.2, 0.25) is 0 Å². The van der Waals surface area contributed by atoms with Gasteiger partial charge in [-0.1, -0.05) is 67.9 Å². The zero-order valence-electron chi connectivity index (χ0n) is 31.2. The number of ketones is 1. The Morgan fingerprint density at radius 3 is 1.07 bits per heavy atom. The van der Waals surface area contributed by atoms with Gasteiger partial charge in [-0.05, 0) is 152 Å². The topological polar surface area (TPSA) is 42.0 Å². The van der Waals surface area contributed by atoms with E-state index in [1.54, 1.807) is 7.11 Å². The Kier molecular flexibility index (Phi) is 10.9. The Bertz CT molecular complexity index is 2230. The molecule has 0 atom stereocenters. The number of carbonyl (C=O) groups is 1. The number of hydrogen-bond acceptors (Lipinski definition) is 5. The molecule has 0 amide bonds. The minimum atomic E-state index is -0.00920. The van der Waals surface area contributed by atoms with Crippen LogP contribution >= 0.6 is 0 Å². The first kappa shape index (κ1) is 35.8. The number of anilines is 6. The van der Waals surface area contributed by atoms with Crippen molar-refractivity contribution in [3.05, 3.63) is 198 Å². The zero-order valence-corrected chi connectivity index (χ0v) is 31.2. The van der Waals surface area contributed by atoms with Gasteiger partial charge in [0.05, 0.1) is 7.11 Å². The number of methoxy groups -OCH3 is 1. The highest BCUT2D eigenvalue weighted by Crippen LogP contribution is 2.40. The number of hydrogen-bond donors (Lipinski definition) is 0. The fraction of sp³-hybridized carbons (Fsp3) is 0.122. The predicted octanol–water partition coefficient (Wildman–Crippen LogP) is 13.1. The SMILES string of the molecule is CCc1ccc(N(c2ccc(OC)cc2)c2ccc(N(c3ccc(CC)cc3)c3ccc(Oc4ccc(C(=O)c5ccc(C)cc5)cc4)cc3)cc2)cc1. The van der Waals surface area contributed by atoms with Gasteiger partial charge in [-0.25, -0.2) is 0 Å². The van der Waals surface area contributed by atoms with Crippen LogP contribution in [0.25, 0.3) is 0 Å². The maximum absolute atomic E-state index is 13.0. The van der Waals surface area contributed by atoms with Crippen molar-refractivity contribution in [2.75, 3.05) is 16.9 Å². The first-order valence-corrected chi connectivity index (χ1v) is 18.4. The van der Waals surface area contributed by atoms with Crippen molar-refractivity contribution >= 4 is 39.9 Å². The van der Waals surface area contributed by atoms with Crippen molar-refractivity contribution in [3.8, 4) is 17.2 Å². The highest BCUT2D eigenvalue weighted by Gasteiger charge is 2.17. The Hall–Kier alpha value is -6.59. The molecule has 0 spiro atoms. The third-order valence-corrected chi connectivity index (χ3v) is 9.66. The van der Waals surface area contributed by atoms with Crippen LogP contribution in [0.3, 0.4) is 0 Å². The molecule has 0 aliphatic rings. The number of nitrogens with zero attached hydrogens (tertiary/aromatic N) is 2. The summed E-state index contributed by atoms with van der Waals surface area (Å²) in [4.78, 5) is 17.5. The average Bonchev–Trinajstić information content (AvgIpc) is 3.23. The second-order valence-corrected chi connectivity index (χ2v) is 13.2. The molecule has 0 aromatic heterocycles. The molecule has 268 valence electrons. The van der Waals surface area contributed by atoms with Crippen LogP contribution < -0.4 is 19.3 Å². The first-order valence-electron chi connectivity index (χ1n) is 18.4. The van der Waals surface area contributed by atoms with Gasteiger partial charge in [-0.2, -0.15) is 0 Å². The van der Waals surface area contributed by atoms with E-state index < -0.39 is 0 Å². The molecule has 0 heterocycles. The second kappa shape index (κ2) is 16.4. The van der Waals surface area contributed by atoms with Gasteiger partial charge in [0.25, 0.3) is 0 Å². The molecule has 0 fully saturated rings. The summed E-state index contributed by atoms with van der Waals surface area (Å²) in [6.07, 6.45) is 1.96. The van der Waals surface area contributed by atoms with Crippen LogP contribution in [-0.4, -0.2) is 12.9 Å². The molecule has 5 heteroatoms. The summed E-state index contributed by atoms with van der Waals surface area (Å²) in [6, 6.07) is 57.4. The lowest BCUT2D eigenvalue weighted by Crippen LogP contribution is -2.12. The number of aryl methyl sites for hydroxylation is 3. The van der Waals surface area contributed by atoms with E-state index in [4.69, 9.17) is 9.47 Å². The molecule has 0 N–H and O–H groups in total. The fourth-order valence-electron chi connectivity index (χ4n) is 6.48. The van der Waals surface area contributed by atoms with Gasteiger partial charge in [-0.15, -0.1) is 0 Å². The van der Waals surface area contributed by atoms with E-state index >= 15 is 0 Å². The summed E-state index contributed by atoms with van der Waals surface area (Å²) < 4.78 is 11.7. The predicted molar refractivity (Wildman–Crippen MR) is 222 cm³/mol. The van der Waals surface area contributed by atoms with Crippen LogP contribution in [0.15, 0.2) is 170 Å². The monoisotopic (exact) mass is 708 g/mol. The summed E-state index contributed by atoms with van der Waals surface area (Å²) in [6.45, 7) is 6.36. The van der Waals surface area contributed by atoms with Crippen LogP contribution in [0.1, 0.15) is 46.5 Å². The summed E-state index contributed by atoms with van der Waals surface area (Å²) in [5.74, 6) is 2.18. The molecular weight excluding hydrogens is 665 g/mol. The van der Waals surface area contributed by atoms with E-state index in [1.165, 1.54) is 11.1 Å². The van der Waals surface area contributed by atoms with Crippen molar-refractivity contribution < 1.29 is 14.3 Å². The lowest BCUT2D eigenvalue weighted by atomic mass is 10.0. The van der Waals surface area contributed by atoms with Gasteiger partial charge < -0.3 is 19.3 Å². The molecule has 0 radical (unpaired) electrons. The third kappa shape index (κ3) is 8.06. The molecule has 54 heavy (non-hydrogen) atoms. The standard InChI is InChI=1S/C49H44N2O3/c1-5-36-9-17-40(18-10-36)50(44-25-31-46(53-4)32-26-44)42-21-23-43(24-22-42)51(41-19-11-37(6-2)12-20-41)45-27-33-48(34-28-45)54-47-29-15-39(16-30-47)49(52)38-13-7-35(3)8-14-38/h7-34H,5-6H2,1-4H3. The largest absolute Gasteiger partial charge is 0.497 e. The van der Waals surface area contributed by atoms with Crippen LogP contribution in [-0.2, 0) is 12.8 Å². The molecule has 0 saturated heterocycles. The second-order valence-electron chi connectivity index (χ2n) is 13.2. The fourth-order valence-corrected chi connectivity index (χ4v) is 6.48. The lowest BCUT2D eigenvalue weighted by Gasteiger charge is -2.28. The first-order chi connectivity index (χ1) is 26.4. The average molecular weight is 709 g/mol. The number of ether oxygens (including phenoxy) is 2. The third-order valence-electron chi connectivity index (χ3n) is 9.66. The van der Waals surface area contributed by atoms with E-state index in [-0.39, 0.29) is 5.78 Å². The van der Waals surface area contributed by atoms with Crippen molar-refractivity contribution in [3.63, 3.8) is 0 Å². The molecule has 5 nitrogen and oxygen atoms in total. The number of benzene rings is 7. The van der Waals surface area contributed by atoms with Gasteiger partial charge in [0.15, 0.2) is 5.78 Å². The minimum absolute atomic E-state index is 0.00920. The maximum Gasteiger partial charge on any atom is 0.193 e. The Morgan fingerprint density at radius 1 is 0.426 bits per heavy atom.